The van der Waals surface area contributed by atoms with E-state index < -0.39 is 0 Å². The second-order valence-corrected chi connectivity index (χ2v) is 3.71. The predicted octanol–water partition coefficient (Wildman–Crippen LogP) is 0.789. The molecule has 15 heavy (non-hydrogen) atoms. The van der Waals surface area contributed by atoms with Crippen LogP contribution in [0, 0.1) is 0 Å². The molecule has 0 unspecified atom stereocenters. The number of para-hydroxylation sites is 1. The fourth-order valence-corrected chi connectivity index (χ4v) is 1.88. The summed E-state index contributed by atoms with van der Waals surface area (Å²) in [6.45, 7) is 0. The monoisotopic (exact) mass is 204 g/mol. The van der Waals surface area contributed by atoms with Gasteiger partial charge in [-0.2, -0.15) is 0 Å². The maximum Gasteiger partial charge on any atom is 0.227 e. The quantitative estimate of drug-likeness (QED) is 0.524. The van der Waals surface area contributed by atoms with Crippen LogP contribution in [0.5, 0.6) is 0 Å². The average molecular weight is 204 g/mol. The molecule has 3 N–H and O–H groups in total. The van der Waals surface area contributed by atoms with Gasteiger partial charge in [0, 0.05) is 24.4 Å². The minimum atomic E-state index is -0.223. The van der Waals surface area contributed by atoms with Gasteiger partial charge in [0.25, 0.3) is 0 Å². The molecule has 2 rings (SSSR count). The van der Waals surface area contributed by atoms with Crippen LogP contribution in [0.3, 0.4) is 0 Å². The molecule has 1 aromatic rings. The van der Waals surface area contributed by atoms with Gasteiger partial charge in [-0.3, -0.25) is 14.9 Å². The molecule has 2 amide bonds. The smallest absolute Gasteiger partial charge is 0.227 e. The third-order valence-corrected chi connectivity index (χ3v) is 2.58. The molecule has 4 heteroatoms. The van der Waals surface area contributed by atoms with Gasteiger partial charge < -0.3 is 5.73 Å². The molecule has 4 nitrogen and oxygen atoms in total. The van der Waals surface area contributed by atoms with Crippen molar-refractivity contribution in [2.24, 2.45) is 0 Å². The zero-order valence-electron chi connectivity index (χ0n) is 8.19. The molecule has 1 aliphatic heterocycles. The SMILES string of the molecule is Nc1ccccc1C1CC(=O)NC(=O)C1. The highest BCUT2D eigenvalue weighted by molar-refractivity contribution is 5.98. The number of piperidine rings is 1. The number of rotatable bonds is 1. The Labute approximate surface area is 87.5 Å². The van der Waals surface area contributed by atoms with E-state index >= 15 is 0 Å². The molecule has 1 fully saturated rings. The first-order chi connectivity index (χ1) is 7.16. The van der Waals surface area contributed by atoms with Gasteiger partial charge in [-0.25, -0.2) is 0 Å². The Morgan fingerprint density at radius 3 is 2.33 bits per heavy atom. The van der Waals surface area contributed by atoms with Gasteiger partial charge in [-0.15, -0.1) is 0 Å². The Morgan fingerprint density at radius 2 is 1.73 bits per heavy atom. The number of nitrogens with one attached hydrogen (secondary N) is 1. The maximum absolute atomic E-state index is 11.2. The fraction of sp³-hybridized carbons (Fsp3) is 0.273. The highest BCUT2D eigenvalue weighted by atomic mass is 16.2. The van der Waals surface area contributed by atoms with Crippen molar-refractivity contribution in [2.75, 3.05) is 5.73 Å². The molecule has 0 saturated carbocycles. The van der Waals surface area contributed by atoms with Crippen LogP contribution in [0.1, 0.15) is 24.3 Å². The third-order valence-electron chi connectivity index (χ3n) is 2.58. The van der Waals surface area contributed by atoms with Crippen LogP contribution >= 0.6 is 0 Å². The minimum Gasteiger partial charge on any atom is -0.398 e. The molecule has 1 aromatic carbocycles. The van der Waals surface area contributed by atoms with Crippen LogP contribution in [-0.4, -0.2) is 11.8 Å². The van der Waals surface area contributed by atoms with E-state index in [1.54, 1.807) is 6.07 Å². The first kappa shape index (κ1) is 9.71. The second-order valence-electron chi connectivity index (χ2n) is 3.71. The van der Waals surface area contributed by atoms with Crippen molar-refractivity contribution in [1.82, 2.24) is 5.32 Å². The van der Waals surface area contributed by atoms with Crippen molar-refractivity contribution in [3.8, 4) is 0 Å². The number of nitrogens with two attached hydrogens (primary N) is 1. The van der Waals surface area contributed by atoms with Crippen LogP contribution in [0.4, 0.5) is 5.69 Å². The van der Waals surface area contributed by atoms with Gasteiger partial charge in [0.2, 0.25) is 11.8 Å². The van der Waals surface area contributed by atoms with Crippen molar-refractivity contribution < 1.29 is 9.59 Å². The number of benzene rings is 1. The molecule has 0 radical (unpaired) electrons. The Kier molecular flexibility index (Phi) is 2.41. The molecule has 78 valence electrons. The second kappa shape index (κ2) is 3.73. The number of anilines is 1. The van der Waals surface area contributed by atoms with Crippen LogP contribution < -0.4 is 11.1 Å². The van der Waals surface area contributed by atoms with E-state index in [9.17, 15) is 9.59 Å². The standard InChI is InChI=1S/C11H12N2O2/c12-9-4-2-1-3-8(9)7-5-10(14)13-11(15)6-7/h1-4,7H,5-6,12H2,(H,13,14,15). The summed E-state index contributed by atoms with van der Waals surface area (Å²) in [6.07, 6.45) is 0.667. The molecule has 0 atom stereocenters. The van der Waals surface area contributed by atoms with E-state index in [-0.39, 0.29) is 17.7 Å². The predicted molar refractivity (Wildman–Crippen MR) is 56.0 cm³/mol. The summed E-state index contributed by atoms with van der Waals surface area (Å²) < 4.78 is 0. The van der Waals surface area contributed by atoms with Crippen LogP contribution in [0.15, 0.2) is 24.3 Å². The van der Waals surface area contributed by atoms with E-state index in [1.165, 1.54) is 0 Å². The molecule has 0 aliphatic carbocycles. The number of amides is 2. The van der Waals surface area contributed by atoms with Crippen molar-refractivity contribution in [1.29, 1.82) is 0 Å². The molecule has 0 bridgehead atoms. The van der Waals surface area contributed by atoms with Crippen molar-refractivity contribution in [3.05, 3.63) is 29.8 Å². The summed E-state index contributed by atoms with van der Waals surface area (Å²) in [5.74, 6) is -0.522. The summed E-state index contributed by atoms with van der Waals surface area (Å²) >= 11 is 0. The van der Waals surface area contributed by atoms with E-state index in [2.05, 4.69) is 5.32 Å². The summed E-state index contributed by atoms with van der Waals surface area (Å²) in [5.41, 5.74) is 7.33. The summed E-state index contributed by atoms with van der Waals surface area (Å²) in [6, 6.07) is 7.35. The van der Waals surface area contributed by atoms with Crippen molar-refractivity contribution in [3.63, 3.8) is 0 Å². The zero-order valence-corrected chi connectivity index (χ0v) is 8.19. The fourth-order valence-electron chi connectivity index (χ4n) is 1.88. The number of carbonyl (C=O) groups excluding carboxylic acids is 2. The molecular formula is C11H12N2O2. The van der Waals surface area contributed by atoms with Crippen molar-refractivity contribution in [2.45, 2.75) is 18.8 Å². The van der Waals surface area contributed by atoms with E-state index in [0.717, 1.165) is 5.56 Å². The minimum absolute atomic E-state index is 0.0764. The number of carbonyl (C=O) groups is 2. The van der Waals surface area contributed by atoms with Gasteiger partial charge in [0.05, 0.1) is 0 Å². The average Bonchev–Trinajstić information content (AvgIpc) is 2.16. The molecule has 0 aromatic heterocycles. The van der Waals surface area contributed by atoms with Gasteiger partial charge in [-0.1, -0.05) is 18.2 Å². The van der Waals surface area contributed by atoms with Crippen LogP contribution in [-0.2, 0) is 9.59 Å². The summed E-state index contributed by atoms with van der Waals surface area (Å²) in [7, 11) is 0. The maximum atomic E-state index is 11.2. The number of hydrogen-bond acceptors (Lipinski definition) is 3. The molecule has 0 spiro atoms. The van der Waals surface area contributed by atoms with Crippen LogP contribution in [0.2, 0.25) is 0 Å². The summed E-state index contributed by atoms with van der Waals surface area (Å²) in [5, 5.41) is 2.28. The Bertz CT molecular complexity index is 399. The molecule has 1 saturated heterocycles. The lowest BCUT2D eigenvalue weighted by Gasteiger charge is -2.22. The number of imide groups is 1. The van der Waals surface area contributed by atoms with Gasteiger partial charge in [-0.05, 0) is 11.6 Å². The third kappa shape index (κ3) is 1.98. The first-order valence-corrected chi connectivity index (χ1v) is 4.84. The van der Waals surface area contributed by atoms with E-state index in [4.69, 9.17) is 5.73 Å². The van der Waals surface area contributed by atoms with Crippen LogP contribution in [0.25, 0.3) is 0 Å². The zero-order chi connectivity index (χ0) is 10.8. The largest absolute Gasteiger partial charge is 0.398 e. The normalized spacial score (nSPS) is 17.6. The Balaban J connectivity index is 2.27. The lowest BCUT2D eigenvalue weighted by atomic mass is 9.88. The Hall–Kier alpha value is -1.84. The molecule has 1 heterocycles. The highest BCUT2D eigenvalue weighted by Gasteiger charge is 2.26. The molecular weight excluding hydrogens is 192 g/mol. The van der Waals surface area contributed by atoms with Gasteiger partial charge in [0.15, 0.2) is 0 Å². The first-order valence-electron chi connectivity index (χ1n) is 4.84. The van der Waals surface area contributed by atoms with Crippen molar-refractivity contribution >= 4 is 17.5 Å². The lowest BCUT2D eigenvalue weighted by molar-refractivity contribution is -0.133. The van der Waals surface area contributed by atoms with E-state index in [0.29, 0.717) is 18.5 Å². The topological polar surface area (TPSA) is 72.2 Å². The number of hydrogen-bond donors (Lipinski definition) is 2. The van der Waals surface area contributed by atoms with E-state index in [1.807, 2.05) is 18.2 Å². The van der Waals surface area contributed by atoms with Gasteiger partial charge in [0.1, 0.15) is 0 Å². The lowest BCUT2D eigenvalue weighted by Crippen LogP contribution is -2.37. The molecule has 1 aliphatic rings. The number of nitrogen functional groups attached to an aromatic ring is 1. The highest BCUT2D eigenvalue weighted by Crippen LogP contribution is 2.29. The summed E-state index contributed by atoms with van der Waals surface area (Å²) in [4.78, 5) is 22.4. The van der Waals surface area contributed by atoms with Gasteiger partial charge >= 0.3 is 0 Å². The Morgan fingerprint density at radius 1 is 1.13 bits per heavy atom.